The molecule has 1 aliphatic rings. The molecule has 10 rings (SSSR count). The Morgan fingerprint density at radius 3 is 1.90 bits per heavy atom. The quantitative estimate of drug-likeness (QED) is 0.140. The van der Waals surface area contributed by atoms with Crippen molar-refractivity contribution in [3.8, 4) is 56.2 Å². The summed E-state index contributed by atoms with van der Waals surface area (Å²) in [7, 11) is 0. The SMILES string of the molecule is CC1(C)c2ccccc2-c2c(-c3cccc(-c4cc(-c5c6ccccc6cc6ccc7ccccc7c56)nc(-c5ccccc5)n4)c3)cccc21. The molecule has 0 amide bonds. The van der Waals surface area contributed by atoms with E-state index in [0.717, 1.165) is 28.1 Å². The highest BCUT2D eigenvalue weighted by atomic mass is 14.9. The standard InChI is InChI=1S/C49H34N2/c1-49(2)41-24-11-10-22-40(41)46-38(23-13-25-42(46)49)34-18-12-19-35(28-34)43-30-44(51-48(50-43)32-15-4-3-5-16-32)47-39-21-9-7-17-33(39)29-36-27-26-31-14-6-8-20-37(31)45(36)47/h3-30H,1-2H3. The first-order valence-electron chi connectivity index (χ1n) is 17.7. The summed E-state index contributed by atoms with van der Waals surface area (Å²) >= 11 is 0. The van der Waals surface area contributed by atoms with E-state index in [1.807, 2.05) is 6.07 Å². The molecule has 1 heterocycles. The molecule has 8 aromatic carbocycles. The minimum atomic E-state index is -0.0584. The van der Waals surface area contributed by atoms with Gasteiger partial charge >= 0.3 is 0 Å². The Kier molecular flexibility index (Phi) is 6.56. The number of nitrogens with zero attached hydrogens (tertiary/aromatic N) is 2. The summed E-state index contributed by atoms with van der Waals surface area (Å²) in [4.78, 5) is 10.6. The maximum absolute atomic E-state index is 5.36. The summed E-state index contributed by atoms with van der Waals surface area (Å²) in [5.74, 6) is 0.714. The van der Waals surface area contributed by atoms with Crippen LogP contribution in [0.4, 0.5) is 0 Å². The predicted molar refractivity (Wildman–Crippen MR) is 214 cm³/mol. The second kappa shape index (κ2) is 11.3. The maximum atomic E-state index is 5.36. The maximum Gasteiger partial charge on any atom is 0.160 e. The van der Waals surface area contributed by atoms with Gasteiger partial charge < -0.3 is 0 Å². The average molecular weight is 651 g/mol. The van der Waals surface area contributed by atoms with Crippen molar-refractivity contribution in [1.82, 2.24) is 9.97 Å². The van der Waals surface area contributed by atoms with Gasteiger partial charge in [-0.25, -0.2) is 9.97 Å². The van der Waals surface area contributed by atoms with E-state index >= 15 is 0 Å². The second-order valence-corrected chi connectivity index (χ2v) is 14.2. The molecule has 0 N–H and O–H groups in total. The van der Waals surface area contributed by atoms with Crippen molar-refractivity contribution >= 4 is 32.3 Å². The Morgan fingerprint density at radius 2 is 1.02 bits per heavy atom. The fraction of sp³-hybridized carbons (Fsp3) is 0.0612. The Labute approximate surface area is 297 Å². The third-order valence-electron chi connectivity index (χ3n) is 10.8. The summed E-state index contributed by atoms with van der Waals surface area (Å²) in [5, 5.41) is 7.23. The topological polar surface area (TPSA) is 25.8 Å². The molecule has 2 nitrogen and oxygen atoms in total. The third kappa shape index (κ3) is 4.64. The van der Waals surface area contributed by atoms with Gasteiger partial charge in [0.15, 0.2) is 5.82 Å². The Bertz CT molecular complexity index is 2830. The lowest BCUT2D eigenvalue weighted by molar-refractivity contribution is 0.660. The Hall–Kier alpha value is -6.38. The van der Waals surface area contributed by atoms with Crippen molar-refractivity contribution in [1.29, 1.82) is 0 Å². The molecule has 240 valence electrons. The summed E-state index contributed by atoms with van der Waals surface area (Å²) in [5.41, 5.74) is 12.8. The minimum absolute atomic E-state index is 0.0584. The van der Waals surface area contributed by atoms with Crippen molar-refractivity contribution in [2.24, 2.45) is 0 Å². The lowest BCUT2D eigenvalue weighted by Gasteiger charge is -2.21. The highest BCUT2D eigenvalue weighted by Crippen LogP contribution is 2.52. The smallest absolute Gasteiger partial charge is 0.160 e. The molecule has 51 heavy (non-hydrogen) atoms. The minimum Gasteiger partial charge on any atom is -0.228 e. The van der Waals surface area contributed by atoms with Gasteiger partial charge in [-0.3, -0.25) is 0 Å². The van der Waals surface area contributed by atoms with Gasteiger partial charge in [-0.1, -0.05) is 166 Å². The van der Waals surface area contributed by atoms with E-state index in [1.54, 1.807) is 0 Å². The third-order valence-corrected chi connectivity index (χ3v) is 10.8. The number of rotatable bonds is 4. The molecule has 0 fully saturated rings. The second-order valence-electron chi connectivity index (χ2n) is 14.2. The summed E-state index contributed by atoms with van der Waals surface area (Å²) in [6.45, 7) is 4.68. The largest absolute Gasteiger partial charge is 0.228 e. The highest BCUT2D eigenvalue weighted by molar-refractivity contribution is 6.21. The van der Waals surface area contributed by atoms with E-state index in [9.17, 15) is 0 Å². The van der Waals surface area contributed by atoms with Crippen LogP contribution in [0.3, 0.4) is 0 Å². The summed E-state index contributed by atoms with van der Waals surface area (Å²) < 4.78 is 0. The van der Waals surface area contributed by atoms with Crippen LogP contribution in [0.1, 0.15) is 25.0 Å². The van der Waals surface area contributed by atoms with Crippen LogP contribution in [0.2, 0.25) is 0 Å². The van der Waals surface area contributed by atoms with Crippen LogP contribution in [0.25, 0.3) is 88.5 Å². The zero-order valence-corrected chi connectivity index (χ0v) is 28.6. The highest BCUT2D eigenvalue weighted by Gasteiger charge is 2.36. The fourth-order valence-electron chi connectivity index (χ4n) is 8.39. The Morgan fingerprint density at radius 1 is 0.392 bits per heavy atom. The van der Waals surface area contributed by atoms with Gasteiger partial charge in [-0.15, -0.1) is 0 Å². The van der Waals surface area contributed by atoms with Crippen LogP contribution in [0.15, 0.2) is 170 Å². The molecular weight excluding hydrogens is 617 g/mol. The van der Waals surface area contributed by atoms with E-state index in [2.05, 4.69) is 178 Å². The van der Waals surface area contributed by atoms with Crippen LogP contribution < -0.4 is 0 Å². The predicted octanol–water partition coefficient (Wildman–Crippen LogP) is 12.9. The molecule has 1 aromatic heterocycles. The van der Waals surface area contributed by atoms with Crippen molar-refractivity contribution in [2.45, 2.75) is 19.3 Å². The summed E-state index contributed by atoms with van der Waals surface area (Å²) in [6.07, 6.45) is 0. The zero-order valence-electron chi connectivity index (χ0n) is 28.6. The molecule has 0 bridgehead atoms. The van der Waals surface area contributed by atoms with E-state index in [4.69, 9.17) is 9.97 Å². The summed E-state index contributed by atoms with van der Waals surface area (Å²) in [6, 6.07) is 61.2. The molecule has 1 aliphatic carbocycles. The van der Waals surface area contributed by atoms with Crippen molar-refractivity contribution in [3.63, 3.8) is 0 Å². The van der Waals surface area contributed by atoms with Crippen molar-refractivity contribution in [3.05, 3.63) is 181 Å². The van der Waals surface area contributed by atoms with Crippen molar-refractivity contribution < 1.29 is 0 Å². The number of hydrogen-bond acceptors (Lipinski definition) is 2. The fourth-order valence-corrected chi connectivity index (χ4v) is 8.39. The van der Waals surface area contributed by atoms with E-state index in [1.165, 1.54) is 65.7 Å². The normalized spacial score (nSPS) is 13.1. The first-order valence-corrected chi connectivity index (χ1v) is 17.7. The van der Waals surface area contributed by atoms with Crippen LogP contribution in [-0.2, 0) is 5.41 Å². The van der Waals surface area contributed by atoms with Crippen LogP contribution in [0, 0.1) is 0 Å². The number of hydrogen-bond donors (Lipinski definition) is 0. The molecule has 9 aromatic rings. The van der Waals surface area contributed by atoms with Crippen molar-refractivity contribution in [2.75, 3.05) is 0 Å². The first kappa shape index (κ1) is 29.5. The molecule has 0 unspecified atom stereocenters. The van der Waals surface area contributed by atoms with Gasteiger partial charge in [0.2, 0.25) is 0 Å². The van der Waals surface area contributed by atoms with Gasteiger partial charge in [-0.05, 0) is 83.9 Å². The molecule has 0 saturated carbocycles. The lowest BCUT2D eigenvalue weighted by Crippen LogP contribution is -2.14. The number of fused-ring (bicyclic) bond motifs is 7. The van der Waals surface area contributed by atoms with E-state index in [-0.39, 0.29) is 5.41 Å². The van der Waals surface area contributed by atoms with Gasteiger partial charge in [0.05, 0.1) is 11.4 Å². The molecule has 0 spiro atoms. The van der Waals surface area contributed by atoms with Crippen LogP contribution in [0.5, 0.6) is 0 Å². The molecule has 0 saturated heterocycles. The van der Waals surface area contributed by atoms with Gasteiger partial charge in [-0.2, -0.15) is 0 Å². The molecule has 0 atom stereocenters. The van der Waals surface area contributed by atoms with Crippen LogP contribution in [-0.4, -0.2) is 9.97 Å². The van der Waals surface area contributed by atoms with Crippen LogP contribution >= 0.6 is 0 Å². The van der Waals surface area contributed by atoms with E-state index < -0.39 is 0 Å². The molecule has 0 radical (unpaired) electrons. The first-order chi connectivity index (χ1) is 25.0. The zero-order chi connectivity index (χ0) is 34.1. The molecule has 0 aliphatic heterocycles. The average Bonchev–Trinajstić information content (AvgIpc) is 3.43. The molecule has 2 heteroatoms. The van der Waals surface area contributed by atoms with Gasteiger partial charge in [0.1, 0.15) is 0 Å². The number of aromatic nitrogens is 2. The van der Waals surface area contributed by atoms with Gasteiger partial charge in [0, 0.05) is 22.1 Å². The van der Waals surface area contributed by atoms with E-state index in [0.29, 0.717) is 5.82 Å². The van der Waals surface area contributed by atoms with Gasteiger partial charge in [0.25, 0.3) is 0 Å². The molecular formula is C49H34N2. The Balaban J connectivity index is 1.23. The number of benzene rings is 8. The lowest BCUT2D eigenvalue weighted by atomic mass is 9.82. The monoisotopic (exact) mass is 650 g/mol.